The van der Waals surface area contributed by atoms with Crippen LogP contribution in [0.1, 0.15) is 47.1 Å². The van der Waals surface area contributed by atoms with Crippen LogP contribution < -0.4 is 4.90 Å². The first-order valence-corrected chi connectivity index (χ1v) is 10.7. The molecule has 0 bridgehead atoms. The van der Waals surface area contributed by atoms with E-state index in [9.17, 15) is 4.79 Å². The fourth-order valence-electron chi connectivity index (χ4n) is 4.14. The van der Waals surface area contributed by atoms with E-state index in [4.69, 9.17) is 4.74 Å². The van der Waals surface area contributed by atoms with Crippen molar-refractivity contribution >= 4 is 11.8 Å². The molecular weight excluding hydrogens is 390 g/mol. The minimum Gasteiger partial charge on any atom is -0.459 e. The number of carbonyl (C=O) groups is 1. The van der Waals surface area contributed by atoms with E-state index < -0.39 is 0 Å². The molecule has 1 saturated heterocycles. The van der Waals surface area contributed by atoms with Gasteiger partial charge in [-0.1, -0.05) is 6.07 Å². The van der Waals surface area contributed by atoms with Gasteiger partial charge in [-0.05, 0) is 56.2 Å². The van der Waals surface area contributed by atoms with Gasteiger partial charge in [-0.25, -0.2) is 9.78 Å². The summed E-state index contributed by atoms with van der Waals surface area (Å²) in [4.78, 5) is 29.6. The van der Waals surface area contributed by atoms with Crippen molar-refractivity contribution in [3.05, 3.63) is 77.5 Å². The number of ether oxygens (including phenoxy) is 1. The van der Waals surface area contributed by atoms with Gasteiger partial charge in [0.05, 0.1) is 12.1 Å². The topological polar surface area (TPSA) is 74.4 Å². The monoisotopic (exact) mass is 419 g/mol. The molecule has 1 atom stereocenters. The molecule has 31 heavy (non-hydrogen) atoms. The number of aromatic amines is 1. The Bertz CT molecular complexity index is 996. The molecule has 0 amide bonds. The molecule has 1 unspecified atom stereocenters. The van der Waals surface area contributed by atoms with E-state index in [0.29, 0.717) is 11.4 Å². The Morgan fingerprint density at radius 3 is 2.55 bits per heavy atom. The predicted octanol–water partition coefficient (Wildman–Crippen LogP) is 3.59. The minimum atomic E-state index is -0.308. The molecule has 1 fully saturated rings. The molecule has 0 spiro atoms. The van der Waals surface area contributed by atoms with Gasteiger partial charge in [-0.3, -0.25) is 9.88 Å². The number of aryl methyl sites for hydroxylation is 1. The fraction of sp³-hybridized carbons (Fsp3) is 0.375. The number of esters is 1. The predicted molar refractivity (Wildman–Crippen MR) is 120 cm³/mol. The third-order valence-electron chi connectivity index (χ3n) is 5.58. The summed E-state index contributed by atoms with van der Waals surface area (Å²) >= 11 is 0. The normalized spacial score (nSPS) is 15.8. The molecule has 3 aromatic rings. The van der Waals surface area contributed by atoms with Crippen molar-refractivity contribution in [1.29, 1.82) is 0 Å². The highest BCUT2D eigenvalue weighted by Gasteiger charge is 2.30. The van der Waals surface area contributed by atoms with Gasteiger partial charge in [0.2, 0.25) is 0 Å². The number of hydrogen-bond donors (Lipinski definition) is 1. The Labute approximate surface area is 183 Å². The van der Waals surface area contributed by atoms with Gasteiger partial charge in [0.25, 0.3) is 0 Å². The second kappa shape index (κ2) is 9.31. The van der Waals surface area contributed by atoms with Crippen molar-refractivity contribution in [2.75, 3.05) is 31.1 Å². The second-order valence-corrected chi connectivity index (χ2v) is 8.12. The van der Waals surface area contributed by atoms with Crippen LogP contribution in [0.15, 0.2) is 55.1 Å². The van der Waals surface area contributed by atoms with Crippen LogP contribution in [0.4, 0.5) is 5.82 Å². The Morgan fingerprint density at radius 2 is 1.90 bits per heavy atom. The third kappa shape index (κ3) is 4.61. The maximum Gasteiger partial charge on any atom is 0.342 e. The van der Waals surface area contributed by atoms with Crippen LogP contribution in [0.5, 0.6) is 0 Å². The lowest BCUT2D eigenvalue weighted by atomic mass is 10.0. The average Bonchev–Trinajstić information content (AvgIpc) is 3.29. The highest BCUT2D eigenvalue weighted by Crippen LogP contribution is 2.30. The van der Waals surface area contributed by atoms with Crippen LogP contribution in [0.25, 0.3) is 0 Å². The van der Waals surface area contributed by atoms with Gasteiger partial charge in [-0.15, -0.1) is 0 Å². The summed E-state index contributed by atoms with van der Waals surface area (Å²) in [6.45, 7) is 8.88. The lowest BCUT2D eigenvalue weighted by molar-refractivity contribution is 0.0377. The Balaban J connectivity index is 1.55. The molecule has 1 aliphatic heterocycles. The van der Waals surface area contributed by atoms with E-state index in [1.807, 2.05) is 51.4 Å². The van der Waals surface area contributed by atoms with Crippen LogP contribution in [0.3, 0.4) is 0 Å². The molecule has 0 saturated carbocycles. The number of rotatable bonds is 6. The molecule has 0 radical (unpaired) electrons. The first kappa shape index (κ1) is 21.1. The average molecular weight is 420 g/mol. The SMILES string of the molecule is Cc1ccnc(N2CCN(C(c3cccnc3)c3ccc[nH]3)CC2)c1C(=O)OC(C)C. The van der Waals surface area contributed by atoms with E-state index in [1.165, 1.54) is 0 Å². The lowest BCUT2D eigenvalue weighted by Crippen LogP contribution is -2.48. The fourth-order valence-corrected chi connectivity index (χ4v) is 4.14. The van der Waals surface area contributed by atoms with E-state index in [1.54, 1.807) is 12.4 Å². The van der Waals surface area contributed by atoms with Gasteiger partial charge < -0.3 is 14.6 Å². The maximum absolute atomic E-state index is 12.7. The first-order chi connectivity index (χ1) is 15.0. The Morgan fingerprint density at radius 1 is 1.10 bits per heavy atom. The molecule has 7 heteroatoms. The summed E-state index contributed by atoms with van der Waals surface area (Å²) in [6, 6.07) is 10.2. The largest absolute Gasteiger partial charge is 0.459 e. The number of pyridine rings is 2. The lowest BCUT2D eigenvalue weighted by Gasteiger charge is -2.40. The number of nitrogens with one attached hydrogen (secondary N) is 1. The molecule has 4 rings (SSSR count). The summed E-state index contributed by atoms with van der Waals surface area (Å²) < 4.78 is 5.49. The number of H-pyrrole nitrogens is 1. The van der Waals surface area contributed by atoms with Gasteiger partial charge in [0.15, 0.2) is 0 Å². The summed E-state index contributed by atoms with van der Waals surface area (Å²) in [7, 11) is 0. The van der Waals surface area contributed by atoms with Crippen molar-refractivity contribution in [3.63, 3.8) is 0 Å². The molecule has 3 aromatic heterocycles. The van der Waals surface area contributed by atoms with E-state index >= 15 is 0 Å². The molecule has 0 aromatic carbocycles. The van der Waals surface area contributed by atoms with Crippen LogP contribution >= 0.6 is 0 Å². The first-order valence-electron chi connectivity index (χ1n) is 10.7. The number of piperazine rings is 1. The third-order valence-corrected chi connectivity index (χ3v) is 5.58. The molecule has 1 aliphatic rings. The Hall–Kier alpha value is -3.19. The van der Waals surface area contributed by atoms with Gasteiger partial charge >= 0.3 is 5.97 Å². The van der Waals surface area contributed by atoms with Crippen molar-refractivity contribution in [1.82, 2.24) is 19.9 Å². The number of aromatic nitrogens is 3. The highest BCUT2D eigenvalue weighted by molar-refractivity contribution is 5.96. The number of carbonyl (C=O) groups excluding carboxylic acids is 1. The minimum absolute atomic E-state index is 0.113. The summed E-state index contributed by atoms with van der Waals surface area (Å²) in [5.41, 5.74) is 3.76. The van der Waals surface area contributed by atoms with Gasteiger partial charge in [0, 0.05) is 56.7 Å². The zero-order valence-electron chi connectivity index (χ0n) is 18.3. The Kier molecular flexibility index (Phi) is 6.32. The molecule has 162 valence electrons. The van der Waals surface area contributed by atoms with Gasteiger partial charge in [-0.2, -0.15) is 0 Å². The number of nitrogens with zero attached hydrogens (tertiary/aromatic N) is 4. The van der Waals surface area contributed by atoms with Crippen LogP contribution in [0, 0.1) is 6.92 Å². The van der Waals surface area contributed by atoms with Crippen molar-refractivity contribution in [2.24, 2.45) is 0 Å². The van der Waals surface area contributed by atoms with Crippen LogP contribution in [-0.2, 0) is 4.74 Å². The summed E-state index contributed by atoms with van der Waals surface area (Å²) in [5, 5.41) is 0. The zero-order valence-corrected chi connectivity index (χ0v) is 18.3. The van der Waals surface area contributed by atoms with Crippen molar-refractivity contribution < 1.29 is 9.53 Å². The van der Waals surface area contributed by atoms with E-state index in [2.05, 4.69) is 36.9 Å². The highest BCUT2D eigenvalue weighted by atomic mass is 16.5. The number of anilines is 1. The summed E-state index contributed by atoms with van der Waals surface area (Å²) in [5.74, 6) is 0.403. The maximum atomic E-state index is 12.7. The molecular formula is C24H29N5O2. The van der Waals surface area contributed by atoms with Crippen LogP contribution in [0.2, 0.25) is 0 Å². The molecule has 0 aliphatic carbocycles. The second-order valence-electron chi connectivity index (χ2n) is 8.12. The quantitative estimate of drug-likeness (QED) is 0.616. The van der Waals surface area contributed by atoms with Crippen molar-refractivity contribution in [3.8, 4) is 0 Å². The number of hydrogen-bond acceptors (Lipinski definition) is 6. The molecule has 7 nitrogen and oxygen atoms in total. The van der Waals surface area contributed by atoms with Gasteiger partial charge in [0.1, 0.15) is 11.4 Å². The smallest absolute Gasteiger partial charge is 0.342 e. The summed E-state index contributed by atoms with van der Waals surface area (Å²) in [6.07, 6.45) is 7.28. The molecule has 4 heterocycles. The standard InChI is InChI=1S/C24H29N5O2/c1-17(2)31-24(30)21-18(3)8-11-27-23(21)29-14-12-28(13-15-29)22(20-7-5-10-26-20)19-6-4-9-25-16-19/h4-11,16-17,22,26H,12-15H2,1-3H3. The van der Waals surface area contributed by atoms with Crippen molar-refractivity contribution in [2.45, 2.75) is 32.9 Å². The van der Waals surface area contributed by atoms with Crippen LogP contribution in [-0.4, -0.2) is 58.1 Å². The van der Waals surface area contributed by atoms with E-state index in [0.717, 1.165) is 43.0 Å². The van der Waals surface area contributed by atoms with E-state index in [-0.39, 0.29) is 18.1 Å². The molecule has 1 N–H and O–H groups in total. The zero-order chi connectivity index (χ0) is 21.8.